The average molecular weight is 314 g/mol. The van der Waals surface area contributed by atoms with Gasteiger partial charge in [-0.2, -0.15) is 0 Å². The van der Waals surface area contributed by atoms with E-state index in [9.17, 15) is 4.79 Å². The molecular formula is C15H18N6O2. The molecule has 8 heteroatoms. The maximum absolute atomic E-state index is 11.8. The third kappa shape index (κ3) is 4.35. The number of piperidine rings is 1. The van der Waals surface area contributed by atoms with Gasteiger partial charge in [0.05, 0.1) is 18.1 Å². The van der Waals surface area contributed by atoms with E-state index in [0.717, 1.165) is 13.1 Å². The molecule has 1 fully saturated rings. The molecule has 0 aromatic carbocycles. The van der Waals surface area contributed by atoms with Gasteiger partial charge >= 0.3 is 6.01 Å². The molecule has 0 atom stereocenters. The Morgan fingerprint density at radius 1 is 1.09 bits per heavy atom. The van der Waals surface area contributed by atoms with Crippen molar-refractivity contribution < 1.29 is 9.53 Å². The Kier molecular flexibility index (Phi) is 4.92. The van der Waals surface area contributed by atoms with Crippen molar-refractivity contribution in [2.45, 2.75) is 19.3 Å². The summed E-state index contributed by atoms with van der Waals surface area (Å²) in [6.07, 6.45) is 9.90. The third-order valence-electron chi connectivity index (χ3n) is 3.44. The number of rotatable bonds is 5. The van der Waals surface area contributed by atoms with Gasteiger partial charge < -0.3 is 15.0 Å². The van der Waals surface area contributed by atoms with Crippen LogP contribution in [0.3, 0.4) is 0 Å². The summed E-state index contributed by atoms with van der Waals surface area (Å²) in [5, 5.41) is 2.68. The molecule has 3 heterocycles. The van der Waals surface area contributed by atoms with E-state index in [0.29, 0.717) is 11.6 Å². The Balaban J connectivity index is 1.50. The van der Waals surface area contributed by atoms with Crippen LogP contribution in [0.1, 0.15) is 19.3 Å². The van der Waals surface area contributed by atoms with E-state index >= 15 is 0 Å². The molecule has 1 aliphatic rings. The molecule has 120 valence electrons. The zero-order chi connectivity index (χ0) is 15.9. The summed E-state index contributed by atoms with van der Waals surface area (Å²) in [5.74, 6) is 0.392. The Morgan fingerprint density at radius 3 is 2.48 bits per heavy atom. The molecule has 1 amide bonds. The molecule has 1 N–H and O–H groups in total. The van der Waals surface area contributed by atoms with Gasteiger partial charge in [-0.3, -0.25) is 4.79 Å². The van der Waals surface area contributed by atoms with Crippen LogP contribution in [0.25, 0.3) is 0 Å². The lowest BCUT2D eigenvalue weighted by Crippen LogP contribution is -2.31. The van der Waals surface area contributed by atoms with E-state index in [1.807, 2.05) is 0 Å². The molecule has 1 aliphatic heterocycles. The molecular weight excluding hydrogens is 296 g/mol. The zero-order valence-electron chi connectivity index (χ0n) is 12.7. The number of amides is 1. The minimum atomic E-state index is -0.313. The Labute approximate surface area is 134 Å². The normalized spacial score (nSPS) is 14.3. The highest BCUT2D eigenvalue weighted by Gasteiger charge is 2.13. The molecule has 0 saturated carbocycles. The molecule has 3 rings (SSSR count). The van der Waals surface area contributed by atoms with Crippen molar-refractivity contribution in [2.75, 3.05) is 29.9 Å². The topological polar surface area (TPSA) is 93.1 Å². The van der Waals surface area contributed by atoms with E-state index in [1.165, 1.54) is 19.3 Å². The molecule has 8 nitrogen and oxygen atoms in total. The number of hydrogen-bond acceptors (Lipinski definition) is 7. The minimum absolute atomic E-state index is 0.166. The smallest absolute Gasteiger partial charge is 0.316 e. The van der Waals surface area contributed by atoms with Crippen LogP contribution < -0.4 is 15.0 Å². The van der Waals surface area contributed by atoms with Crippen LogP contribution >= 0.6 is 0 Å². The zero-order valence-corrected chi connectivity index (χ0v) is 12.7. The highest BCUT2D eigenvalue weighted by atomic mass is 16.5. The van der Waals surface area contributed by atoms with Crippen molar-refractivity contribution in [3.63, 3.8) is 0 Å². The van der Waals surface area contributed by atoms with Gasteiger partial charge in [0.15, 0.2) is 6.61 Å². The quantitative estimate of drug-likeness (QED) is 0.888. The Bertz CT molecular complexity index is 628. The number of carbonyl (C=O) groups is 1. The number of carbonyl (C=O) groups excluding carboxylic acids is 1. The lowest BCUT2D eigenvalue weighted by Gasteiger charge is -2.26. The first-order chi connectivity index (χ1) is 11.3. The van der Waals surface area contributed by atoms with E-state index in [-0.39, 0.29) is 18.5 Å². The molecule has 2 aromatic rings. The van der Waals surface area contributed by atoms with Gasteiger partial charge in [-0.1, -0.05) is 0 Å². The van der Waals surface area contributed by atoms with Gasteiger partial charge in [-0.05, 0) is 25.3 Å². The van der Waals surface area contributed by atoms with E-state index in [4.69, 9.17) is 4.74 Å². The van der Waals surface area contributed by atoms with Gasteiger partial charge in [0.2, 0.25) is 5.95 Å². The highest BCUT2D eigenvalue weighted by molar-refractivity contribution is 5.91. The first-order valence-corrected chi connectivity index (χ1v) is 7.58. The van der Waals surface area contributed by atoms with E-state index in [1.54, 1.807) is 30.9 Å². The van der Waals surface area contributed by atoms with Gasteiger partial charge in [0.25, 0.3) is 5.91 Å². The largest absolute Gasteiger partial charge is 0.453 e. The first-order valence-electron chi connectivity index (χ1n) is 7.58. The lowest BCUT2D eigenvalue weighted by molar-refractivity contribution is -0.118. The van der Waals surface area contributed by atoms with Gasteiger partial charge in [0, 0.05) is 25.5 Å². The van der Waals surface area contributed by atoms with Crippen molar-refractivity contribution in [3.05, 3.63) is 30.9 Å². The number of nitrogens with one attached hydrogen (secondary N) is 1. The molecule has 0 bridgehead atoms. The first kappa shape index (κ1) is 15.1. The van der Waals surface area contributed by atoms with Crippen LogP contribution in [0.5, 0.6) is 6.01 Å². The van der Waals surface area contributed by atoms with Gasteiger partial charge in [0.1, 0.15) is 0 Å². The van der Waals surface area contributed by atoms with Crippen LogP contribution in [0.4, 0.5) is 11.6 Å². The standard InChI is InChI=1S/C15H18N6O2/c22-13(11-23-15-16-5-4-6-17-15)20-12-9-18-14(19-10-12)21-7-2-1-3-8-21/h4-6,9-10H,1-3,7-8,11H2,(H,20,22). The van der Waals surface area contributed by atoms with Crippen LogP contribution in [-0.2, 0) is 4.79 Å². The molecule has 2 aromatic heterocycles. The molecule has 0 radical (unpaired) electrons. The third-order valence-corrected chi connectivity index (χ3v) is 3.44. The summed E-state index contributed by atoms with van der Waals surface area (Å²) in [5.41, 5.74) is 0.535. The number of hydrogen-bond donors (Lipinski definition) is 1. The second kappa shape index (κ2) is 7.48. The summed E-state index contributed by atoms with van der Waals surface area (Å²) in [4.78, 5) is 30.3. The number of nitrogens with zero attached hydrogens (tertiary/aromatic N) is 5. The summed E-state index contributed by atoms with van der Waals surface area (Å²) in [6.45, 7) is 1.80. The second-order valence-electron chi connectivity index (χ2n) is 5.19. The molecule has 23 heavy (non-hydrogen) atoms. The maximum Gasteiger partial charge on any atom is 0.316 e. The fourth-order valence-corrected chi connectivity index (χ4v) is 2.33. The number of anilines is 2. The predicted molar refractivity (Wildman–Crippen MR) is 84.3 cm³/mol. The summed E-state index contributed by atoms with van der Waals surface area (Å²) >= 11 is 0. The van der Waals surface area contributed by atoms with Crippen LogP contribution in [0.15, 0.2) is 30.9 Å². The van der Waals surface area contributed by atoms with Gasteiger partial charge in [-0.15, -0.1) is 0 Å². The predicted octanol–water partition coefficient (Wildman–Crippen LogP) is 1.27. The van der Waals surface area contributed by atoms with E-state index < -0.39 is 0 Å². The fraction of sp³-hybridized carbons (Fsp3) is 0.400. The highest BCUT2D eigenvalue weighted by Crippen LogP contribution is 2.16. The summed E-state index contributed by atoms with van der Waals surface area (Å²) in [7, 11) is 0. The monoisotopic (exact) mass is 314 g/mol. The Morgan fingerprint density at radius 2 is 1.78 bits per heavy atom. The van der Waals surface area contributed by atoms with E-state index in [2.05, 4.69) is 30.2 Å². The second-order valence-corrected chi connectivity index (χ2v) is 5.19. The number of ether oxygens (including phenoxy) is 1. The van der Waals surface area contributed by atoms with Crippen molar-refractivity contribution in [1.29, 1.82) is 0 Å². The van der Waals surface area contributed by atoms with Crippen molar-refractivity contribution in [1.82, 2.24) is 19.9 Å². The van der Waals surface area contributed by atoms with Crippen LogP contribution in [-0.4, -0.2) is 45.5 Å². The van der Waals surface area contributed by atoms with Crippen molar-refractivity contribution in [2.24, 2.45) is 0 Å². The SMILES string of the molecule is O=C(COc1ncccn1)Nc1cnc(N2CCCCC2)nc1. The van der Waals surface area contributed by atoms with Crippen molar-refractivity contribution >= 4 is 17.5 Å². The van der Waals surface area contributed by atoms with Crippen LogP contribution in [0.2, 0.25) is 0 Å². The molecule has 0 aliphatic carbocycles. The van der Waals surface area contributed by atoms with Crippen LogP contribution in [0, 0.1) is 0 Å². The average Bonchev–Trinajstić information content (AvgIpc) is 2.62. The van der Waals surface area contributed by atoms with Crippen molar-refractivity contribution in [3.8, 4) is 6.01 Å². The Hall–Kier alpha value is -2.77. The summed E-state index contributed by atoms with van der Waals surface area (Å²) in [6, 6.07) is 1.84. The van der Waals surface area contributed by atoms with Gasteiger partial charge in [-0.25, -0.2) is 19.9 Å². The fourth-order valence-electron chi connectivity index (χ4n) is 2.33. The molecule has 0 spiro atoms. The maximum atomic E-state index is 11.8. The lowest BCUT2D eigenvalue weighted by atomic mass is 10.1. The minimum Gasteiger partial charge on any atom is -0.453 e. The number of aromatic nitrogens is 4. The molecule has 1 saturated heterocycles. The summed E-state index contributed by atoms with van der Waals surface area (Å²) < 4.78 is 5.18. The molecule has 0 unspecified atom stereocenters.